The topological polar surface area (TPSA) is 75.7 Å². The summed E-state index contributed by atoms with van der Waals surface area (Å²) in [7, 11) is -2.19. The maximum atomic E-state index is 12.9. The zero-order chi connectivity index (χ0) is 23.3. The minimum Gasteiger partial charge on any atom is -0.494 e. The molecule has 3 aromatic rings. The Bertz CT molecular complexity index is 1190. The third-order valence-corrected chi connectivity index (χ3v) is 6.89. The van der Waals surface area contributed by atoms with Gasteiger partial charge >= 0.3 is 0 Å². The van der Waals surface area contributed by atoms with Crippen LogP contribution in [0.1, 0.15) is 34.8 Å². The van der Waals surface area contributed by atoms with Crippen LogP contribution in [0.3, 0.4) is 0 Å². The van der Waals surface area contributed by atoms with Gasteiger partial charge in [-0.05, 0) is 80.4 Å². The average Bonchev–Trinajstić information content (AvgIpc) is 2.79. The second-order valence-electron chi connectivity index (χ2n) is 7.61. The van der Waals surface area contributed by atoms with Crippen LogP contribution in [-0.4, -0.2) is 28.0 Å². The van der Waals surface area contributed by atoms with Crippen molar-refractivity contribution in [3.05, 3.63) is 83.4 Å². The zero-order valence-electron chi connectivity index (χ0n) is 18.8. The number of nitrogens with zero attached hydrogens (tertiary/aromatic N) is 1. The number of aryl methyl sites for hydroxylation is 2. The lowest BCUT2D eigenvalue weighted by Gasteiger charge is -2.20. The van der Waals surface area contributed by atoms with Crippen molar-refractivity contribution in [2.75, 3.05) is 23.3 Å². The molecule has 7 heteroatoms. The first-order valence-corrected chi connectivity index (χ1v) is 11.9. The fourth-order valence-electron chi connectivity index (χ4n) is 3.11. The van der Waals surface area contributed by atoms with E-state index in [1.165, 1.54) is 11.4 Å². The number of anilines is 2. The Balaban J connectivity index is 1.72. The summed E-state index contributed by atoms with van der Waals surface area (Å²) in [6.07, 6.45) is 0.926. The van der Waals surface area contributed by atoms with E-state index in [9.17, 15) is 13.2 Å². The van der Waals surface area contributed by atoms with Crippen molar-refractivity contribution in [1.29, 1.82) is 0 Å². The maximum Gasteiger partial charge on any atom is 0.264 e. The average molecular weight is 453 g/mol. The molecule has 1 amide bonds. The lowest BCUT2D eigenvalue weighted by Crippen LogP contribution is -2.26. The van der Waals surface area contributed by atoms with Crippen molar-refractivity contribution in [1.82, 2.24) is 0 Å². The number of hydrogen-bond donors (Lipinski definition) is 1. The van der Waals surface area contributed by atoms with Crippen LogP contribution in [0.4, 0.5) is 11.4 Å². The molecule has 168 valence electrons. The number of ether oxygens (including phenoxy) is 1. The van der Waals surface area contributed by atoms with Gasteiger partial charge in [0.05, 0.1) is 17.2 Å². The van der Waals surface area contributed by atoms with Crippen LogP contribution in [0, 0.1) is 13.8 Å². The molecule has 6 nitrogen and oxygen atoms in total. The van der Waals surface area contributed by atoms with Gasteiger partial charge in [-0.1, -0.05) is 24.6 Å². The van der Waals surface area contributed by atoms with Gasteiger partial charge in [-0.25, -0.2) is 8.42 Å². The molecule has 0 aliphatic rings. The van der Waals surface area contributed by atoms with Crippen LogP contribution in [0.25, 0.3) is 0 Å². The highest BCUT2D eigenvalue weighted by molar-refractivity contribution is 7.92. The third-order valence-electron chi connectivity index (χ3n) is 5.09. The number of carbonyl (C=O) groups excluding carboxylic acids is 1. The highest BCUT2D eigenvalue weighted by atomic mass is 32.2. The first kappa shape index (κ1) is 23.3. The molecule has 3 rings (SSSR count). The molecule has 0 aliphatic carbocycles. The normalized spacial score (nSPS) is 11.1. The van der Waals surface area contributed by atoms with Crippen LogP contribution in [0.2, 0.25) is 0 Å². The second kappa shape index (κ2) is 9.87. The fourth-order valence-corrected chi connectivity index (χ4v) is 4.31. The number of hydrogen-bond acceptors (Lipinski definition) is 4. The number of carbonyl (C=O) groups is 1. The Morgan fingerprint density at radius 1 is 0.969 bits per heavy atom. The van der Waals surface area contributed by atoms with Crippen molar-refractivity contribution in [3.63, 3.8) is 0 Å². The predicted molar refractivity (Wildman–Crippen MR) is 128 cm³/mol. The van der Waals surface area contributed by atoms with E-state index in [0.717, 1.165) is 23.3 Å². The fraction of sp³-hybridized carbons (Fsp3) is 0.240. The molecule has 0 saturated heterocycles. The maximum absolute atomic E-state index is 12.9. The van der Waals surface area contributed by atoms with Gasteiger partial charge in [0.25, 0.3) is 15.9 Å². The SMILES string of the molecule is CCCOc1ccc(NC(=O)c2ccc(N(C)S(=O)(=O)c3ccc(C)cc3)cc2)c(C)c1. The van der Waals surface area contributed by atoms with E-state index in [4.69, 9.17) is 4.74 Å². The molecule has 0 saturated carbocycles. The van der Waals surface area contributed by atoms with E-state index in [1.54, 1.807) is 48.5 Å². The highest BCUT2D eigenvalue weighted by Crippen LogP contribution is 2.25. The summed E-state index contributed by atoms with van der Waals surface area (Å²) in [6, 6.07) is 18.7. The summed E-state index contributed by atoms with van der Waals surface area (Å²) in [5, 5.41) is 2.89. The molecule has 0 spiro atoms. The van der Waals surface area contributed by atoms with Crippen LogP contribution in [-0.2, 0) is 10.0 Å². The third kappa shape index (κ3) is 5.29. The van der Waals surface area contributed by atoms with Crippen molar-refractivity contribution >= 4 is 27.3 Å². The van der Waals surface area contributed by atoms with E-state index in [1.807, 2.05) is 39.0 Å². The second-order valence-corrected chi connectivity index (χ2v) is 9.58. The van der Waals surface area contributed by atoms with Crippen molar-refractivity contribution in [3.8, 4) is 5.75 Å². The molecular formula is C25H28N2O4S. The first-order chi connectivity index (χ1) is 15.2. The standard InChI is InChI=1S/C25H28N2O4S/c1-5-16-31-22-12-15-24(19(3)17-22)26-25(28)20-8-10-21(11-9-20)27(4)32(29,30)23-13-6-18(2)7-14-23/h6-15,17H,5,16H2,1-4H3,(H,26,28). The summed E-state index contributed by atoms with van der Waals surface area (Å²) in [4.78, 5) is 12.9. The molecule has 1 N–H and O–H groups in total. The van der Waals surface area contributed by atoms with Crippen LogP contribution < -0.4 is 14.4 Å². The first-order valence-electron chi connectivity index (χ1n) is 10.4. The lowest BCUT2D eigenvalue weighted by atomic mass is 10.1. The Labute approximate surface area is 189 Å². The molecule has 0 aromatic heterocycles. The van der Waals surface area contributed by atoms with Gasteiger partial charge in [-0.2, -0.15) is 0 Å². The van der Waals surface area contributed by atoms with Crippen LogP contribution >= 0.6 is 0 Å². The smallest absolute Gasteiger partial charge is 0.264 e. The molecular weight excluding hydrogens is 424 g/mol. The van der Waals surface area contributed by atoms with Crippen molar-refractivity contribution in [2.24, 2.45) is 0 Å². The molecule has 0 radical (unpaired) electrons. The minimum absolute atomic E-state index is 0.217. The van der Waals surface area contributed by atoms with Gasteiger partial charge in [-0.3, -0.25) is 9.10 Å². The number of benzene rings is 3. The monoisotopic (exact) mass is 452 g/mol. The summed E-state index contributed by atoms with van der Waals surface area (Å²) in [6.45, 7) is 6.50. The van der Waals surface area contributed by atoms with Crippen LogP contribution in [0.15, 0.2) is 71.6 Å². The van der Waals surface area contributed by atoms with Crippen LogP contribution in [0.5, 0.6) is 5.75 Å². The number of rotatable bonds is 8. The zero-order valence-corrected chi connectivity index (χ0v) is 19.6. The number of amides is 1. The van der Waals surface area contributed by atoms with E-state index in [2.05, 4.69) is 5.32 Å². The van der Waals surface area contributed by atoms with Gasteiger partial charge in [0.2, 0.25) is 0 Å². The molecule has 0 heterocycles. The lowest BCUT2D eigenvalue weighted by molar-refractivity contribution is 0.102. The van der Waals surface area contributed by atoms with E-state index in [0.29, 0.717) is 23.5 Å². The molecule has 0 fully saturated rings. The van der Waals surface area contributed by atoms with E-state index >= 15 is 0 Å². The number of sulfonamides is 1. The predicted octanol–water partition coefficient (Wildman–Crippen LogP) is 5.17. The van der Waals surface area contributed by atoms with Gasteiger partial charge in [0.1, 0.15) is 5.75 Å². The molecule has 3 aromatic carbocycles. The van der Waals surface area contributed by atoms with Gasteiger partial charge in [-0.15, -0.1) is 0 Å². The number of nitrogens with one attached hydrogen (secondary N) is 1. The summed E-state index contributed by atoms with van der Waals surface area (Å²) < 4.78 is 32.6. The Morgan fingerprint density at radius 3 is 2.22 bits per heavy atom. The molecule has 0 aliphatic heterocycles. The molecule has 0 atom stereocenters. The summed E-state index contributed by atoms with van der Waals surface area (Å²) >= 11 is 0. The highest BCUT2D eigenvalue weighted by Gasteiger charge is 2.21. The quantitative estimate of drug-likeness (QED) is 0.512. The summed E-state index contributed by atoms with van der Waals surface area (Å²) in [5.41, 5.74) is 3.48. The van der Waals surface area contributed by atoms with Gasteiger partial charge in [0, 0.05) is 18.3 Å². The Morgan fingerprint density at radius 2 is 1.62 bits per heavy atom. The largest absolute Gasteiger partial charge is 0.494 e. The molecule has 0 unspecified atom stereocenters. The van der Waals surface area contributed by atoms with E-state index in [-0.39, 0.29) is 10.8 Å². The summed E-state index contributed by atoms with van der Waals surface area (Å²) in [5.74, 6) is 0.496. The molecule has 32 heavy (non-hydrogen) atoms. The minimum atomic E-state index is -3.69. The van der Waals surface area contributed by atoms with Gasteiger partial charge in [0.15, 0.2) is 0 Å². The van der Waals surface area contributed by atoms with Gasteiger partial charge < -0.3 is 10.1 Å². The van der Waals surface area contributed by atoms with Crippen molar-refractivity contribution < 1.29 is 17.9 Å². The Hall–Kier alpha value is -3.32. The Kier molecular flexibility index (Phi) is 7.20. The van der Waals surface area contributed by atoms with Crippen molar-refractivity contribution in [2.45, 2.75) is 32.1 Å². The van der Waals surface area contributed by atoms with E-state index < -0.39 is 10.0 Å². The molecule has 0 bridgehead atoms.